The summed E-state index contributed by atoms with van der Waals surface area (Å²) in [6.45, 7) is 19.6. The minimum absolute atomic E-state index is 0.958. The summed E-state index contributed by atoms with van der Waals surface area (Å²) in [5.74, 6) is 0. The number of unbranched alkanes of at least 4 members (excludes halogenated alkanes) is 30. The first kappa shape index (κ1) is 58.5. The maximum Gasteiger partial charge on any atom is 0.215 e. The van der Waals surface area contributed by atoms with E-state index in [1.165, 1.54) is 231 Å². The van der Waals surface area contributed by atoms with Gasteiger partial charge in [-0.1, -0.05) is 234 Å². The van der Waals surface area contributed by atoms with E-state index in [4.69, 9.17) is 13.5 Å². The first-order chi connectivity index (χ1) is 29.5. The summed E-state index contributed by atoms with van der Waals surface area (Å²) in [4.78, 5) is 0. The molecule has 6 N–H and O–H groups in total. The quantitative estimate of drug-likeness (QED) is 0.0268. The average molecular weight is 904 g/mol. The molecule has 0 bridgehead atoms. The van der Waals surface area contributed by atoms with Crippen LogP contribution in [0, 0.1) is 0 Å². The highest BCUT2D eigenvalue weighted by molar-refractivity contribution is 7.83. The Hall–Kier alpha value is 0.450. The zero-order chi connectivity index (χ0) is 43.6. The summed E-state index contributed by atoms with van der Waals surface area (Å²) in [6, 6.07) is 0. The molecule has 12 heteroatoms. The molecule has 1 heterocycles. The van der Waals surface area contributed by atoms with Gasteiger partial charge in [0, 0.05) is 39.3 Å². The van der Waals surface area contributed by atoms with E-state index in [1.807, 2.05) is 0 Å². The Morgan fingerprint density at radius 3 is 0.483 bits per heavy atom. The molecule has 0 amide bonds. The molecule has 0 saturated carbocycles. The van der Waals surface area contributed by atoms with Crippen LogP contribution in [-0.2, 0) is 0 Å². The third-order valence-corrected chi connectivity index (χ3v) is 22.2. The minimum Gasteiger partial charge on any atom is -0.253 e. The molecule has 0 spiro atoms. The molecule has 0 saturated heterocycles. The molecule has 0 aromatic carbocycles. The van der Waals surface area contributed by atoms with Gasteiger partial charge in [-0.3, -0.25) is 30.5 Å². The van der Waals surface area contributed by atoms with E-state index in [1.54, 1.807) is 0 Å². The molecule has 0 unspecified atom stereocenters. The Bertz CT molecular complexity index is 887. The van der Waals surface area contributed by atoms with Crippen LogP contribution in [0.5, 0.6) is 0 Å². The highest BCUT2D eigenvalue weighted by Crippen LogP contribution is 2.70. The summed E-state index contributed by atoms with van der Waals surface area (Å²) in [5, 5.41) is 24.9. The van der Waals surface area contributed by atoms with Crippen molar-refractivity contribution in [2.75, 3.05) is 39.3 Å². The van der Waals surface area contributed by atoms with Crippen molar-refractivity contribution in [2.24, 2.45) is 13.5 Å². The zero-order valence-electron chi connectivity index (χ0n) is 41.4. The number of hydrogen-bond donors (Lipinski definition) is 6. The van der Waals surface area contributed by atoms with Gasteiger partial charge in [0.25, 0.3) is 0 Å². The third-order valence-electron chi connectivity index (χ3n) is 12.0. The standard InChI is InChI=1S/C48H108N9P3/c1-7-13-19-25-31-37-43-49-58(50-44-38-32-26-20-14-8-2)55-59(51-45-39-33-27-21-15-9-3,52-46-40-34-28-22-16-10-4)57-60(56-58,53-47-41-35-29-23-17-11-5)54-48-42-36-30-24-18-12-6/h49-54H,7-48H2,1-6H3. The van der Waals surface area contributed by atoms with Crippen LogP contribution in [0.4, 0.5) is 0 Å². The fourth-order valence-electron chi connectivity index (χ4n) is 8.00. The molecule has 0 atom stereocenters. The molecule has 0 aromatic rings. The van der Waals surface area contributed by atoms with Crippen molar-refractivity contribution in [1.29, 1.82) is 0 Å². The molecule has 1 aliphatic heterocycles. The van der Waals surface area contributed by atoms with Gasteiger partial charge in [0.2, 0.25) is 22.5 Å². The Kier molecular flexibility index (Phi) is 41.0. The van der Waals surface area contributed by atoms with E-state index in [0.717, 1.165) is 39.3 Å². The smallest absolute Gasteiger partial charge is 0.215 e. The van der Waals surface area contributed by atoms with Crippen molar-refractivity contribution in [1.82, 2.24) is 30.5 Å². The molecular weight excluding hydrogens is 796 g/mol. The first-order valence-corrected chi connectivity index (χ1v) is 32.0. The summed E-state index contributed by atoms with van der Waals surface area (Å²) >= 11 is 0. The maximum atomic E-state index is 5.98. The first-order valence-electron chi connectivity index (χ1n) is 26.9. The molecule has 60 heavy (non-hydrogen) atoms. The second kappa shape index (κ2) is 42.1. The monoisotopic (exact) mass is 904 g/mol. The van der Waals surface area contributed by atoms with Crippen LogP contribution in [0.25, 0.3) is 0 Å². The molecule has 0 aliphatic carbocycles. The average Bonchev–Trinajstić information content (AvgIpc) is 3.24. The van der Waals surface area contributed by atoms with Crippen molar-refractivity contribution < 1.29 is 0 Å². The van der Waals surface area contributed by atoms with Gasteiger partial charge in [0.05, 0.1) is 0 Å². The lowest BCUT2D eigenvalue weighted by atomic mass is 10.1. The van der Waals surface area contributed by atoms with Crippen molar-refractivity contribution in [3.63, 3.8) is 0 Å². The van der Waals surface area contributed by atoms with E-state index in [0.29, 0.717) is 0 Å². The van der Waals surface area contributed by atoms with Crippen LogP contribution in [-0.4, -0.2) is 39.3 Å². The Balaban J connectivity index is 3.71. The van der Waals surface area contributed by atoms with Crippen LogP contribution in [0.15, 0.2) is 13.5 Å². The number of nitrogens with one attached hydrogen (secondary N) is 6. The number of hydrogen-bond acceptors (Lipinski definition) is 9. The van der Waals surface area contributed by atoms with Gasteiger partial charge in [0.15, 0.2) is 0 Å². The summed E-state index contributed by atoms with van der Waals surface area (Å²) in [5.41, 5.74) is 0. The van der Waals surface area contributed by atoms with E-state index in [9.17, 15) is 0 Å². The molecule has 1 aliphatic rings. The summed E-state index contributed by atoms with van der Waals surface area (Å²) < 4.78 is 17.9. The van der Waals surface area contributed by atoms with Crippen LogP contribution in [0.2, 0.25) is 0 Å². The highest BCUT2D eigenvalue weighted by atomic mass is 31.3. The predicted octanol–water partition coefficient (Wildman–Crippen LogP) is 17.5. The number of rotatable bonds is 48. The lowest BCUT2D eigenvalue weighted by Crippen LogP contribution is -2.32. The van der Waals surface area contributed by atoms with E-state index < -0.39 is 22.5 Å². The van der Waals surface area contributed by atoms with E-state index in [2.05, 4.69) is 72.1 Å². The summed E-state index contributed by atoms with van der Waals surface area (Å²) in [7, 11) is -7.60. The topological polar surface area (TPSA) is 109 Å². The lowest BCUT2D eigenvalue weighted by molar-refractivity contribution is 0.595. The summed E-state index contributed by atoms with van der Waals surface area (Å²) in [6.07, 6.45) is 46.6. The van der Waals surface area contributed by atoms with Gasteiger partial charge in [-0.15, -0.1) is 0 Å². The van der Waals surface area contributed by atoms with Crippen molar-refractivity contribution in [3.8, 4) is 0 Å². The van der Waals surface area contributed by atoms with Crippen LogP contribution >= 0.6 is 22.5 Å². The molecular formula is C48H108N9P3. The Morgan fingerprint density at radius 1 is 0.200 bits per heavy atom. The van der Waals surface area contributed by atoms with Crippen molar-refractivity contribution in [2.45, 2.75) is 273 Å². The predicted molar refractivity (Wildman–Crippen MR) is 276 cm³/mol. The normalized spacial score (nSPS) is 15.5. The molecule has 0 radical (unpaired) electrons. The molecule has 1 rings (SSSR count). The largest absolute Gasteiger partial charge is 0.253 e. The lowest BCUT2D eigenvalue weighted by Gasteiger charge is -2.38. The molecule has 360 valence electrons. The number of nitrogens with zero attached hydrogens (tertiary/aromatic N) is 3. The maximum absolute atomic E-state index is 5.98. The van der Waals surface area contributed by atoms with Crippen molar-refractivity contribution >= 4 is 22.5 Å². The fraction of sp³-hybridized carbons (Fsp3) is 1.00. The van der Waals surface area contributed by atoms with E-state index in [-0.39, 0.29) is 0 Å². The third kappa shape index (κ3) is 31.3. The zero-order valence-corrected chi connectivity index (χ0v) is 44.1. The van der Waals surface area contributed by atoms with Crippen molar-refractivity contribution in [3.05, 3.63) is 0 Å². The van der Waals surface area contributed by atoms with E-state index >= 15 is 0 Å². The molecule has 0 aromatic heterocycles. The van der Waals surface area contributed by atoms with Gasteiger partial charge in [0.1, 0.15) is 0 Å². The second-order valence-corrected chi connectivity index (χ2v) is 25.8. The SMILES string of the molecule is CCCCCCCCNP1(NCCCCCCCC)=NP(NCCCCCCCC)(NCCCCCCCC)=NP(NCCCCCCCC)(NCCCCCCCC)=N1. The van der Waals surface area contributed by atoms with Crippen LogP contribution in [0.1, 0.15) is 273 Å². The highest BCUT2D eigenvalue weighted by Gasteiger charge is 2.36. The molecule has 0 fully saturated rings. The van der Waals surface area contributed by atoms with Gasteiger partial charge in [-0.2, -0.15) is 13.5 Å². The fourth-order valence-corrected chi connectivity index (χ4v) is 20.1. The van der Waals surface area contributed by atoms with Gasteiger partial charge < -0.3 is 0 Å². The van der Waals surface area contributed by atoms with Gasteiger partial charge >= 0.3 is 0 Å². The van der Waals surface area contributed by atoms with Crippen LogP contribution in [0.3, 0.4) is 0 Å². The Morgan fingerprint density at radius 2 is 0.333 bits per heavy atom. The second-order valence-electron chi connectivity index (χ2n) is 18.1. The molecule has 9 nitrogen and oxygen atoms in total. The Labute approximate surface area is 377 Å². The van der Waals surface area contributed by atoms with Crippen LogP contribution < -0.4 is 30.5 Å². The van der Waals surface area contributed by atoms with Gasteiger partial charge in [-0.25, -0.2) is 0 Å². The minimum atomic E-state index is -2.53. The van der Waals surface area contributed by atoms with Gasteiger partial charge in [-0.05, 0) is 38.5 Å².